The van der Waals surface area contributed by atoms with Gasteiger partial charge in [-0.05, 0) is 44.0 Å². The van der Waals surface area contributed by atoms with Crippen LogP contribution in [0.15, 0.2) is 47.6 Å². The topological polar surface area (TPSA) is 67.8 Å². The summed E-state index contributed by atoms with van der Waals surface area (Å²) in [5.74, 6) is 2.20. The highest BCUT2D eigenvalue weighted by atomic mass is 35.5. The third-order valence-electron chi connectivity index (χ3n) is 3.74. The van der Waals surface area contributed by atoms with Crippen molar-refractivity contribution in [3.8, 4) is 11.5 Å². The van der Waals surface area contributed by atoms with Gasteiger partial charge < -0.3 is 20.1 Å². The summed E-state index contributed by atoms with van der Waals surface area (Å²) in [5.41, 5.74) is 1.12. The molecular formula is C20H27ClN4O2. The molecule has 1 unspecified atom stereocenters. The number of halogens is 1. The van der Waals surface area contributed by atoms with Crippen LogP contribution >= 0.6 is 11.6 Å². The van der Waals surface area contributed by atoms with Crippen LogP contribution in [0.2, 0.25) is 5.15 Å². The second-order valence-corrected chi connectivity index (χ2v) is 6.35. The van der Waals surface area contributed by atoms with E-state index in [1.54, 1.807) is 19.4 Å². The Morgan fingerprint density at radius 2 is 1.96 bits per heavy atom. The number of para-hydroxylation sites is 2. The van der Waals surface area contributed by atoms with E-state index in [0.717, 1.165) is 42.5 Å². The fourth-order valence-corrected chi connectivity index (χ4v) is 2.52. The largest absolute Gasteiger partial charge is 0.493 e. The quantitative estimate of drug-likeness (QED) is 0.390. The van der Waals surface area contributed by atoms with E-state index in [9.17, 15) is 0 Å². The Hall–Kier alpha value is -2.47. The van der Waals surface area contributed by atoms with Gasteiger partial charge in [0.25, 0.3) is 0 Å². The molecule has 0 aliphatic heterocycles. The second kappa shape index (κ2) is 11.3. The zero-order chi connectivity index (χ0) is 19.5. The zero-order valence-electron chi connectivity index (χ0n) is 16.0. The number of nitrogens with one attached hydrogen (secondary N) is 2. The number of pyridine rings is 1. The second-order valence-electron chi connectivity index (χ2n) is 5.96. The number of methoxy groups -OCH3 is 1. The maximum atomic E-state index is 5.94. The van der Waals surface area contributed by atoms with Gasteiger partial charge in [-0.1, -0.05) is 29.8 Å². The van der Waals surface area contributed by atoms with Crippen LogP contribution in [-0.2, 0) is 6.42 Å². The van der Waals surface area contributed by atoms with Crippen LogP contribution in [0.5, 0.6) is 11.5 Å². The number of guanidine groups is 1. The highest BCUT2D eigenvalue weighted by Crippen LogP contribution is 2.26. The Morgan fingerprint density at radius 1 is 1.19 bits per heavy atom. The molecule has 1 aromatic carbocycles. The van der Waals surface area contributed by atoms with Crippen molar-refractivity contribution in [3.05, 3.63) is 53.3 Å². The molecule has 0 radical (unpaired) electrons. The van der Waals surface area contributed by atoms with Crippen LogP contribution in [-0.4, -0.2) is 43.8 Å². The van der Waals surface area contributed by atoms with Crippen molar-refractivity contribution in [1.29, 1.82) is 0 Å². The molecule has 27 heavy (non-hydrogen) atoms. The molecule has 0 aliphatic rings. The molecule has 0 amide bonds. The van der Waals surface area contributed by atoms with Crippen molar-refractivity contribution in [3.63, 3.8) is 0 Å². The molecule has 0 saturated heterocycles. The molecule has 0 bridgehead atoms. The highest BCUT2D eigenvalue weighted by Gasteiger charge is 2.08. The fraction of sp³-hybridized carbons (Fsp3) is 0.400. The molecule has 6 nitrogen and oxygen atoms in total. The van der Waals surface area contributed by atoms with Crippen molar-refractivity contribution < 1.29 is 9.47 Å². The Bertz CT molecular complexity index is 722. The van der Waals surface area contributed by atoms with E-state index in [2.05, 4.69) is 20.6 Å². The summed E-state index contributed by atoms with van der Waals surface area (Å²) < 4.78 is 11.3. The van der Waals surface area contributed by atoms with E-state index in [1.807, 2.05) is 44.2 Å². The lowest BCUT2D eigenvalue weighted by Crippen LogP contribution is -2.39. The van der Waals surface area contributed by atoms with E-state index in [0.29, 0.717) is 11.7 Å². The first-order valence-electron chi connectivity index (χ1n) is 9.04. The number of rotatable bonds is 9. The first-order valence-corrected chi connectivity index (χ1v) is 9.42. The van der Waals surface area contributed by atoms with Crippen LogP contribution in [0.25, 0.3) is 0 Å². The van der Waals surface area contributed by atoms with Gasteiger partial charge in [-0.15, -0.1) is 0 Å². The molecule has 2 N–H and O–H groups in total. The van der Waals surface area contributed by atoms with Crippen LogP contribution < -0.4 is 20.1 Å². The monoisotopic (exact) mass is 390 g/mol. The number of ether oxygens (including phenoxy) is 2. The van der Waals surface area contributed by atoms with Crippen LogP contribution in [0.3, 0.4) is 0 Å². The van der Waals surface area contributed by atoms with Crippen LogP contribution in [0, 0.1) is 0 Å². The number of hydrogen-bond donors (Lipinski definition) is 2. The molecule has 0 saturated carbocycles. The summed E-state index contributed by atoms with van der Waals surface area (Å²) >= 11 is 5.81. The average molecular weight is 391 g/mol. The first kappa shape index (κ1) is 20.8. The van der Waals surface area contributed by atoms with Gasteiger partial charge in [-0.3, -0.25) is 0 Å². The average Bonchev–Trinajstić information content (AvgIpc) is 2.68. The smallest absolute Gasteiger partial charge is 0.191 e. The Morgan fingerprint density at radius 3 is 2.63 bits per heavy atom. The molecule has 0 fully saturated rings. The summed E-state index contributed by atoms with van der Waals surface area (Å²) in [7, 11) is 1.63. The van der Waals surface area contributed by atoms with Gasteiger partial charge in [0.2, 0.25) is 0 Å². The minimum atomic E-state index is -0.0859. The molecule has 0 aliphatic carbocycles. The molecular weight excluding hydrogens is 364 g/mol. The van der Waals surface area contributed by atoms with Crippen molar-refractivity contribution in [1.82, 2.24) is 15.6 Å². The van der Waals surface area contributed by atoms with Gasteiger partial charge in [-0.25, -0.2) is 9.98 Å². The van der Waals surface area contributed by atoms with Gasteiger partial charge in [0.1, 0.15) is 11.3 Å². The molecule has 0 spiro atoms. The molecule has 2 aromatic rings. The van der Waals surface area contributed by atoms with E-state index < -0.39 is 0 Å². The third-order valence-corrected chi connectivity index (χ3v) is 3.97. The summed E-state index contributed by atoms with van der Waals surface area (Å²) in [6, 6.07) is 11.4. The predicted molar refractivity (Wildman–Crippen MR) is 110 cm³/mol. The molecule has 1 atom stereocenters. The van der Waals surface area contributed by atoms with Crippen molar-refractivity contribution in [2.75, 3.05) is 26.7 Å². The van der Waals surface area contributed by atoms with E-state index >= 15 is 0 Å². The highest BCUT2D eigenvalue weighted by molar-refractivity contribution is 6.29. The fourth-order valence-electron chi connectivity index (χ4n) is 2.41. The predicted octanol–water partition coefficient (Wildman–Crippen LogP) is 3.31. The van der Waals surface area contributed by atoms with Gasteiger partial charge in [0, 0.05) is 19.3 Å². The lowest BCUT2D eigenvalue weighted by Gasteiger charge is -2.16. The van der Waals surface area contributed by atoms with Crippen LogP contribution in [0.4, 0.5) is 0 Å². The molecule has 1 heterocycles. The van der Waals surface area contributed by atoms with E-state index in [4.69, 9.17) is 21.1 Å². The first-order chi connectivity index (χ1) is 13.1. The Kier molecular flexibility index (Phi) is 8.71. The molecule has 1 aromatic heterocycles. The normalized spacial score (nSPS) is 12.4. The summed E-state index contributed by atoms with van der Waals surface area (Å²) in [6.45, 7) is 6.08. The lowest BCUT2D eigenvalue weighted by atomic mass is 10.2. The maximum absolute atomic E-state index is 5.94. The maximum Gasteiger partial charge on any atom is 0.191 e. The number of hydrogen-bond acceptors (Lipinski definition) is 4. The zero-order valence-corrected chi connectivity index (χ0v) is 16.8. The molecule has 2 rings (SSSR count). The summed E-state index contributed by atoms with van der Waals surface area (Å²) in [4.78, 5) is 8.69. The minimum Gasteiger partial charge on any atom is -0.493 e. The van der Waals surface area contributed by atoms with Gasteiger partial charge >= 0.3 is 0 Å². The minimum absolute atomic E-state index is 0.0859. The van der Waals surface area contributed by atoms with E-state index in [1.165, 1.54) is 0 Å². The van der Waals surface area contributed by atoms with Crippen molar-refractivity contribution in [2.45, 2.75) is 26.4 Å². The lowest BCUT2D eigenvalue weighted by molar-refractivity contribution is 0.219. The molecule has 7 heteroatoms. The van der Waals surface area contributed by atoms with Gasteiger partial charge in [-0.2, -0.15) is 0 Å². The van der Waals surface area contributed by atoms with Crippen LogP contribution in [0.1, 0.15) is 19.4 Å². The third kappa shape index (κ3) is 7.35. The summed E-state index contributed by atoms with van der Waals surface area (Å²) in [6.07, 6.45) is 2.54. The number of benzene rings is 1. The standard InChI is InChI=1S/C20H27ClN4O2/c1-4-22-20(23-12-11-16-9-10-19(21)24-14-16)25-13-15(2)27-18-8-6-5-7-17(18)26-3/h5-10,14-15H,4,11-13H2,1-3H3,(H2,22,23,25). The Labute approximate surface area is 166 Å². The van der Waals surface area contributed by atoms with Crippen molar-refractivity contribution in [2.24, 2.45) is 4.99 Å². The van der Waals surface area contributed by atoms with Gasteiger partial charge in [0.15, 0.2) is 17.5 Å². The SMILES string of the molecule is CCNC(=NCC(C)Oc1ccccc1OC)NCCc1ccc(Cl)nc1. The number of aliphatic imine (C=N–C) groups is 1. The van der Waals surface area contributed by atoms with Gasteiger partial charge in [0.05, 0.1) is 13.7 Å². The molecule has 146 valence electrons. The number of aromatic nitrogens is 1. The van der Waals surface area contributed by atoms with Crippen molar-refractivity contribution >= 4 is 17.6 Å². The summed E-state index contributed by atoms with van der Waals surface area (Å²) in [5, 5.41) is 7.07. The Balaban J connectivity index is 1.85. The van der Waals surface area contributed by atoms with E-state index in [-0.39, 0.29) is 6.10 Å². The number of nitrogens with zero attached hydrogens (tertiary/aromatic N) is 2.